The third-order valence-corrected chi connectivity index (χ3v) is 23.3. The molecule has 110 heavy (non-hydrogen) atoms. The molecular weight excluding hydrogens is 1330 g/mol. The van der Waals surface area contributed by atoms with Crippen LogP contribution in [0.25, 0.3) is 121 Å². The second-order valence-electron chi connectivity index (χ2n) is 35.6. The van der Waals surface area contributed by atoms with E-state index in [9.17, 15) is 11.0 Å². The number of nitrogens with zero attached hydrogens (tertiary/aromatic N) is 4. The molecule has 0 amide bonds. The van der Waals surface area contributed by atoms with Crippen LogP contribution in [-0.2, 0) is 27.1 Å². The molecule has 0 fully saturated rings. The molecular formula is C104H93BN4O. The van der Waals surface area contributed by atoms with E-state index in [4.69, 9.17) is 4.42 Å². The fourth-order valence-electron chi connectivity index (χ4n) is 17.3. The van der Waals surface area contributed by atoms with Crippen molar-refractivity contribution in [3.8, 4) is 55.9 Å². The summed E-state index contributed by atoms with van der Waals surface area (Å²) in [6, 6.07) is 84.9. The molecule has 5 nitrogen and oxygen atoms in total. The Morgan fingerprint density at radius 3 is 1.28 bits per heavy atom. The molecule has 0 atom stereocenters. The van der Waals surface area contributed by atoms with Gasteiger partial charge in [0.15, 0.2) is 0 Å². The molecule has 2 aliphatic heterocycles. The van der Waals surface area contributed by atoms with E-state index in [0.717, 1.165) is 133 Å². The number of furan rings is 1. The molecule has 14 aromatic carbocycles. The van der Waals surface area contributed by atoms with Crippen LogP contribution in [0.3, 0.4) is 0 Å². The van der Waals surface area contributed by atoms with E-state index < -0.39 is 55.1 Å². The number of benzene rings is 14. The Morgan fingerprint density at radius 1 is 0.291 bits per heavy atom. The Labute approximate surface area is 659 Å². The zero-order valence-corrected chi connectivity index (χ0v) is 65.4. The second-order valence-corrected chi connectivity index (χ2v) is 35.6. The molecule has 17 aromatic rings. The Bertz CT molecular complexity index is 6880. The van der Waals surface area contributed by atoms with Gasteiger partial charge in [-0.15, -0.1) is 0 Å². The van der Waals surface area contributed by atoms with E-state index in [-0.39, 0.29) is 48.9 Å². The fraction of sp³-hybridized carbons (Fsp3) is 0.192. The van der Waals surface area contributed by atoms with Crippen LogP contribution in [0.4, 0.5) is 34.1 Å². The maximum absolute atomic E-state index is 10.3. The van der Waals surface area contributed by atoms with E-state index in [0.29, 0.717) is 22.5 Å². The van der Waals surface area contributed by atoms with Crippen molar-refractivity contribution >= 4 is 123 Å². The van der Waals surface area contributed by atoms with E-state index in [1.807, 2.05) is 18.2 Å². The van der Waals surface area contributed by atoms with Crippen molar-refractivity contribution in [3.05, 3.63) is 319 Å². The normalized spacial score (nSPS) is 14.4. The summed E-state index contributed by atoms with van der Waals surface area (Å²) in [5, 5.41) is 4.00. The van der Waals surface area contributed by atoms with Gasteiger partial charge in [-0.25, -0.2) is 0 Å². The molecule has 0 spiro atoms. The van der Waals surface area contributed by atoms with Gasteiger partial charge >= 0.3 is 0 Å². The van der Waals surface area contributed by atoms with Crippen molar-refractivity contribution in [2.24, 2.45) is 0 Å². The molecule has 0 N–H and O–H groups in total. The first kappa shape index (κ1) is 60.1. The summed E-state index contributed by atoms with van der Waals surface area (Å²) in [5.41, 5.74) is 25.3. The van der Waals surface area contributed by atoms with Crippen molar-refractivity contribution in [1.29, 1.82) is 0 Å². The lowest BCUT2D eigenvalue weighted by Crippen LogP contribution is -2.61. The molecule has 6 heteroatoms. The Hall–Kier alpha value is -11.9. The molecule has 19 rings (SSSR count). The molecule has 5 heterocycles. The van der Waals surface area contributed by atoms with Crippen molar-refractivity contribution in [2.45, 2.75) is 131 Å². The SMILES string of the molecule is [2H]c1c([2H])c([2H])c2c(c1[2H])c1c([2H])c([2H])c([2H])c([2H])c1n2-c1cc2c3c(c1)N(c1cc(-c4ccccc4)cc4oc5ccccc5c14)c1cc(-n4c5ccc(C(C)(C)C)cc5c5cc(C(C)(C)C)ccc54)ccc1B3c1ccc(-c3cc(C(C)(C)C)cc(C(C)(C)C)c3)cc1N2c1c(-c2ccccc2)cc(C(C)(C)C)cc1-c1ccccc1. The maximum Gasteiger partial charge on any atom is 0.252 e. The summed E-state index contributed by atoms with van der Waals surface area (Å²) in [4.78, 5) is 4.89. The van der Waals surface area contributed by atoms with Crippen LogP contribution in [0.5, 0.6) is 0 Å². The predicted octanol–water partition coefficient (Wildman–Crippen LogP) is 27.0. The van der Waals surface area contributed by atoms with Crippen LogP contribution in [0.15, 0.2) is 295 Å². The third kappa shape index (κ3) is 11.2. The molecule has 538 valence electrons. The first-order chi connectivity index (χ1) is 56.0. The van der Waals surface area contributed by atoms with Crippen LogP contribution in [-0.4, -0.2) is 15.8 Å². The molecule has 0 radical (unpaired) electrons. The van der Waals surface area contributed by atoms with Gasteiger partial charge in [-0.05, 0) is 202 Å². The first-order valence-electron chi connectivity index (χ1n) is 42.7. The van der Waals surface area contributed by atoms with Gasteiger partial charge in [0, 0.05) is 66.5 Å². The summed E-state index contributed by atoms with van der Waals surface area (Å²) >= 11 is 0. The van der Waals surface area contributed by atoms with Crippen molar-refractivity contribution < 1.29 is 15.4 Å². The lowest BCUT2D eigenvalue weighted by Gasteiger charge is -2.45. The Balaban J connectivity index is 1.05. The fourth-order valence-corrected chi connectivity index (χ4v) is 17.3. The molecule has 0 saturated heterocycles. The van der Waals surface area contributed by atoms with E-state index >= 15 is 0 Å². The van der Waals surface area contributed by atoms with Gasteiger partial charge in [-0.1, -0.05) is 298 Å². The minimum Gasteiger partial charge on any atom is -0.456 e. The smallest absolute Gasteiger partial charge is 0.252 e. The predicted molar refractivity (Wildman–Crippen MR) is 472 cm³/mol. The van der Waals surface area contributed by atoms with Crippen LogP contribution in [0.2, 0.25) is 0 Å². The highest BCUT2D eigenvalue weighted by Gasteiger charge is 2.46. The standard InChI is InChI=1S/C104H93BN4O/c1-100(2,3)70-44-49-88-82(57-70)83-58-71(101(4,5)6)45-50-89(83)106(88)75-46-48-85-91(61-75)108(92-54-69(64-31-19-16-20-32-64)55-96-97(92)79-39-27-30-42-95(79)110-96)93-62-76(107-86-40-28-25-37-77(86)78-38-26-29-41-87(78)107)63-94-98(93)105(85)84-47-43-67(68-51-72(102(7,8)9)56-73(52-68)103(10,11)12)53-90(84)109(94)99-80(65-33-21-17-22-34-65)59-74(104(13,14)15)60-81(99)66-35-23-18-24-36-66/h16-63H,1-15H3/i25D,26D,28D,29D,37D,38D,40D,41D. The molecule has 3 aromatic heterocycles. The van der Waals surface area contributed by atoms with E-state index in [1.165, 1.54) is 22.3 Å². The van der Waals surface area contributed by atoms with Gasteiger partial charge < -0.3 is 23.4 Å². The van der Waals surface area contributed by atoms with Gasteiger partial charge in [0.2, 0.25) is 0 Å². The zero-order valence-electron chi connectivity index (χ0n) is 73.4. The summed E-state index contributed by atoms with van der Waals surface area (Å²) in [5.74, 6) is 0. The average Bonchev–Trinajstić information content (AvgIpc) is 1.24. The van der Waals surface area contributed by atoms with Gasteiger partial charge in [0.05, 0.1) is 55.5 Å². The number of hydrogen-bond acceptors (Lipinski definition) is 3. The number of fused-ring (bicyclic) bond motifs is 13. The van der Waals surface area contributed by atoms with Crippen LogP contribution >= 0.6 is 0 Å². The van der Waals surface area contributed by atoms with Gasteiger partial charge in [-0.2, -0.15) is 0 Å². The van der Waals surface area contributed by atoms with E-state index in [1.54, 1.807) is 4.57 Å². The second kappa shape index (κ2) is 24.8. The molecule has 0 unspecified atom stereocenters. The Morgan fingerprint density at radius 2 is 0.736 bits per heavy atom. The number of anilines is 6. The monoisotopic (exact) mass is 1430 g/mol. The summed E-state index contributed by atoms with van der Waals surface area (Å²) < 4.78 is 89.8. The van der Waals surface area contributed by atoms with Crippen molar-refractivity contribution in [1.82, 2.24) is 9.13 Å². The van der Waals surface area contributed by atoms with Gasteiger partial charge in [0.1, 0.15) is 11.2 Å². The highest BCUT2D eigenvalue weighted by molar-refractivity contribution is 7.00. The molecule has 0 saturated carbocycles. The van der Waals surface area contributed by atoms with Gasteiger partial charge in [0.25, 0.3) is 6.71 Å². The summed E-state index contributed by atoms with van der Waals surface area (Å²) in [6.07, 6.45) is 0. The van der Waals surface area contributed by atoms with Crippen LogP contribution in [0, 0.1) is 0 Å². The number of para-hydroxylation sites is 3. The summed E-state index contributed by atoms with van der Waals surface area (Å²) in [6.45, 7) is 33.6. The van der Waals surface area contributed by atoms with Crippen molar-refractivity contribution in [3.63, 3.8) is 0 Å². The van der Waals surface area contributed by atoms with E-state index in [2.05, 4.69) is 343 Å². The molecule has 0 bridgehead atoms. The first-order valence-corrected chi connectivity index (χ1v) is 38.7. The van der Waals surface area contributed by atoms with Gasteiger partial charge in [-0.3, -0.25) is 0 Å². The number of aromatic nitrogens is 2. The summed E-state index contributed by atoms with van der Waals surface area (Å²) in [7, 11) is 0. The maximum atomic E-state index is 10.3. The lowest BCUT2D eigenvalue weighted by molar-refractivity contribution is 0.569. The highest BCUT2D eigenvalue weighted by atomic mass is 16.3. The third-order valence-electron chi connectivity index (χ3n) is 23.3. The average molecular weight is 1430 g/mol. The number of rotatable bonds is 8. The quantitative estimate of drug-likeness (QED) is 0.142. The largest absolute Gasteiger partial charge is 0.456 e. The van der Waals surface area contributed by atoms with Crippen molar-refractivity contribution in [2.75, 3.05) is 9.80 Å². The molecule has 2 aliphatic rings. The topological polar surface area (TPSA) is 29.5 Å². The Kier molecular flexibility index (Phi) is 13.6. The number of hydrogen-bond donors (Lipinski definition) is 0. The highest BCUT2D eigenvalue weighted by Crippen LogP contribution is 2.55. The van der Waals surface area contributed by atoms with Crippen LogP contribution in [0.1, 0.15) is 143 Å². The van der Waals surface area contributed by atoms with Crippen LogP contribution < -0.4 is 26.2 Å². The minimum absolute atomic E-state index is 0.00884. The lowest BCUT2D eigenvalue weighted by atomic mass is 9.33. The molecule has 0 aliphatic carbocycles. The minimum atomic E-state index is -0.552. The zero-order chi connectivity index (χ0) is 82.8.